The molecule has 2 rings (SSSR count). The summed E-state index contributed by atoms with van der Waals surface area (Å²) in [6.45, 7) is 7.66. The maximum absolute atomic E-state index is 4.36. The third-order valence-corrected chi connectivity index (χ3v) is 3.06. The van der Waals surface area contributed by atoms with Gasteiger partial charge in [0.15, 0.2) is 0 Å². The van der Waals surface area contributed by atoms with E-state index in [4.69, 9.17) is 0 Å². The van der Waals surface area contributed by atoms with Gasteiger partial charge < -0.3 is 5.32 Å². The molecule has 1 saturated heterocycles. The summed E-state index contributed by atoms with van der Waals surface area (Å²) in [4.78, 5) is 11.0. The maximum Gasteiger partial charge on any atom is 0.0755 e. The van der Waals surface area contributed by atoms with Crippen LogP contribution in [0.2, 0.25) is 0 Å². The Hall–Kier alpha value is -0.710. The van der Waals surface area contributed by atoms with E-state index in [1.54, 1.807) is 12.4 Å². The molecule has 1 aromatic heterocycles. The highest BCUT2D eigenvalue weighted by Gasteiger charge is 2.24. The number of nitrogens with one attached hydrogen (secondary N) is 1. The molecule has 0 spiro atoms. The van der Waals surface area contributed by atoms with E-state index < -0.39 is 0 Å². The Morgan fingerprint density at radius 1 is 1.50 bits per heavy atom. The second-order valence-electron chi connectivity index (χ2n) is 4.10. The monoisotopic (exact) mass is 242 g/mol. The SMILES string of the molecule is CC1CNCCN1C(C)c1cnccn1.Cl. The number of hydrogen-bond donors (Lipinski definition) is 1. The second kappa shape index (κ2) is 6.13. The largest absolute Gasteiger partial charge is 0.314 e. The highest BCUT2D eigenvalue weighted by molar-refractivity contribution is 5.85. The lowest BCUT2D eigenvalue weighted by atomic mass is 10.1. The molecule has 1 aliphatic heterocycles. The van der Waals surface area contributed by atoms with Gasteiger partial charge >= 0.3 is 0 Å². The molecule has 2 heterocycles. The molecule has 1 aromatic rings. The minimum absolute atomic E-state index is 0. The molecule has 0 bridgehead atoms. The summed E-state index contributed by atoms with van der Waals surface area (Å²) in [6.07, 6.45) is 5.34. The summed E-state index contributed by atoms with van der Waals surface area (Å²) in [5.41, 5.74) is 1.06. The minimum atomic E-state index is 0. The van der Waals surface area contributed by atoms with Crippen LogP contribution in [0.15, 0.2) is 18.6 Å². The number of piperazine rings is 1. The van der Waals surface area contributed by atoms with Crippen molar-refractivity contribution in [2.24, 2.45) is 0 Å². The zero-order chi connectivity index (χ0) is 10.7. The van der Waals surface area contributed by atoms with Crippen molar-refractivity contribution < 1.29 is 0 Å². The molecule has 16 heavy (non-hydrogen) atoms. The van der Waals surface area contributed by atoms with Crippen molar-refractivity contribution in [1.29, 1.82) is 0 Å². The van der Waals surface area contributed by atoms with Crippen LogP contribution in [0.25, 0.3) is 0 Å². The van der Waals surface area contributed by atoms with Gasteiger partial charge in [-0.1, -0.05) is 0 Å². The van der Waals surface area contributed by atoms with E-state index in [2.05, 4.69) is 34.0 Å². The van der Waals surface area contributed by atoms with E-state index in [9.17, 15) is 0 Å². The average molecular weight is 243 g/mol. The number of rotatable bonds is 2. The van der Waals surface area contributed by atoms with Crippen molar-refractivity contribution in [3.05, 3.63) is 24.3 Å². The Labute approximate surface area is 103 Å². The molecule has 4 nitrogen and oxygen atoms in total. The lowest BCUT2D eigenvalue weighted by molar-refractivity contribution is 0.123. The summed E-state index contributed by atoms with van der Waals surface area (Å²) < 4.78 is 0. The smallest absolute Gasteiger partial charge is 0.0755 e. The van der Waals surface area contributed by atoms with Gasteiger partial charge in [-0.2, -0.15) is 0 Å². The number of nitrogens with zero attached hydrogens (tertiary/aromatic N) is 3. The van der Waals surface area contributed by atoms with Gasteiger partial charge in [-0.05, 0) is 13.8 Å². The van der Waals surface area contributed by atoms with Crippen LogP contribution in [-0.2, 0) is 0 Å². The van der Waals surface area contributed by atoms with Crippen LogP contribution in [0.1, 0.15) is 25.6 Å². The lowest BCUT2D eigenvalue weighted by Crippen LogP contribution is -2.50. The predicted octanol–water partition coefficient (Wildman–Crippen LogP) is 1.25. The molecular weight excluding hydrogens is 224 g/mol. The molecule has 0 radical (unpaired) electrons. The second-order valence-corrected chi connectivity index (χ2v) is 4.10. The van der Waals surface area contributed by atoms with Crippen molar-refractivity contribution >= 4 is 12.4 Å². The fourth-order valence-electron chi connectivity index (χ4n) is 2.13. The summed E-state index contributed by atoms with van der Waals surface area (Å²) >= 11 is 0. The molecule has 90 valence electrons. The van der Waals surface area contributed by atoms with Gasteiger partial charge in [0.05, 0.1) is 11.7 Å². The molecule has 0 amide bonds. The molecule has 1 aliphatic rings. The summed E-state index contributed by atoms with van der Waals surface area (Å²) in [5.74, 6) is 0. The number of halogens is 1. The first kappa shape index (κ1) is 13.4. The number of aromatic nitrogens is 2. The molecule has 1 N–H and O–H groups in total. The van der Waals surface area contributed by atoms with Crippen LogP contribution >= 0.6 is 12.4 Å². The normalized spacial score (nSPS) is 23.5. The van der Waals surface area contributed by atoms with Crippen LogP contribution in [0, 0.1) is 0 Å². The first-order valence-corrected chi connectivity index (χ1v) is 5.51. The molecule has 0 aromatic carbocycles. The van der Waals surface area contributed by atoms with Crippen molar-refractivity contribution in [2.45, 2.75) is 25.9 Å². The Morgan fingerprint density at radius 3 is 2.94 bits per heavy atom. The van der Waals surface area contributed by atoms with Crippen molar-refractivity contribution in [2.75, 3.05) is 19.6 Å². The fraction of sp³-hybridized carbons (Fsp3) is 0.636. The van der Waals surface area contributed by atoms with Crippen LogP contribution in [0.5, 0.6) is 0 Å². The Bertz CT molecular complexity index is 306. The quantitative estimate of drug-likeness (QED) is 0.848. The Morgan fingerprint density at radius 2 is 2.31 bits per heavy atom. The topological polar surface area (TPSA) is 41.0 Å². The predicted molar refractivity (Wildman–Crippen MR) is 66.7 cm³/mol. The van der Waals surface area contributed by atoms with Gasteiger partial charge in [-0.25, -0.2) is 0 Å². The van der Waals surface area contributed by atoms with Crippen LogP contribution in [-0.4, -0.2) is 40.5 Å². The molecule has 2 unspecified atom stereocenters. The van der Waals surface area contributed by atoms with Gasteiger partial charge in [-0.15, -0.1) is 12.4 Å². The fourth-order valence-corrected chi connectivity index (χ4v) is 2.13. The van der Waals surface area contributed by atoms with E-state index >= 15 is 0 Å². The van der Waals surface area contributed by atoms with E-state index in [0.717, 1.165) is 25.3 Å². The van der Waals surface area contributed by atoms with E-state index in [1.807, 2.05) is 6.20 Å². The Kier molecular flexibility index (Phi) is 5.12. The van der Waals surface area contributed by atoms with Crippen LogP contribution < -0.4 is 5.32 Å². The molecule has 5 heteroatoms. The molecule has 2 atom stereocenters. The van der Waals surface area contributed by atoms with Gasteiger partial charge in [0.1, 0.15) is 0 Å². The molecule has 1 fully saturated rings. The van der Waals surface area contributed by atoms with Gasteiger partial charge in [0.2, 0.25) is 0 Å². The van der Waals surface area contributed by atoms with Crippen LogP contribution in [0.4, 0.5) is 0 Å². The lowest BCUT2D eigenvalue weighted by Gasteiger charge is -2.37. The van der Waals surface area contributed by atoms with Gasteiger partial charge in [-0.3, -0.25) is 14.9 Å². The third-order valence-electron chi connectivity index (χ3n) is 3.06. The number of hydrogen-bond acceptors (Lipinski definition) is 4. The van der Waals surface area contributed by atoms with Crippen molar-refractivity contribution in [3.8, 4) is 0 Å². The molecule has 0 saturated carbocycles. The third kappa shape index (κ3) is 2.90. The summed E-state index contributed by atoms with van der Waals surface area (Å²) in [6, 6.07) is 0.923. The van der Waals surface area contributed by atoms with E-state index in [0.29, 0.717) is 12.1 Å². The highest BCUT2D eigenvalue weighted by Crippen LogP contribution is 2.20. The van der Waals surface area contributed by atoms with E-state index in [-0.39, 0.29) is 12.4 Å². The summed E-state index contributed by atoms with van der Waals surface area (Å²) in [5, 5.41) is 3.39. The maximum atomic E-state index is 4.36. The highest BCUT2D eigenvalue weighted by atomic mass is 35.5. The first-order chi connectivity index (χ1) is 7.29. The zero-order valence-electron chi connectivity index (χ0n) is 9.76. The average Bonchev–Trinajstić information content (AvgIpc) is 2.30. The Balaban J connectivity index is 0.00000128. The van der Waals surface area contributed by atoms with Crippen LogP contribution in [0.3, 0.4) is 0 Å². The zero-order valence-corrected chi connectivity index (χ0v) is 10.6. The summed E-state index contributed by atoms with van der Waals surface area (Å²) in [7, 11) is 0. The minimum Gasteiger partial charge on any atom is -0.314 e. The molecule has 0 aliphatic carbocycles. The molecular formula is C11H19ClN4. The van der Waals surface area contributed by atoms with Crippen molar-refractivity contribution in [3.63, 3.8) is 0 Å². The van der Waals surface area contributed by atoms with E-state index in [1.165, 1.54) is 0 Å². The standard InChI is InChI=1S/C11H18N4.ClH/c1-9-7-13-5-6-15(9)10(2)11-8-12-3-4-14-11;/h3-4,8-10,13H,5-7H2,1-2H3;1H. The van der Waals surface area contributed by atoms with Gasteiger partial charge in [0, 0.05) is 44.3 Å². The first-order valence-electron chi connectivity index (χ1n) is 5.51. The van der Waals surface area contributed by atoms with Gasteiger partial charge in [0.25, 0.3) is 0 Å². The van der Waals surface area contributed by atoms with Crippen molar-refractivity contribution in [1.82, 2.24) is 20.2 Å².